The first-order valence-electron chi connectivity index (χ1n) is 5.21. The van der Waals surface area contributed by atoms with Crippen molar-refractivity contribution in [2.24, 2.45) is 11.8 Å². The molecule has 0 aromatic heterocycles. The Kier molecular flexibility index (Phi) is 3.61. The molecule has 0 saturated heterocycles. The van der Waals surface area contributed by atoms with Gasteiger partial charge in [-0.3, -0.25) is 0 Å². The molecule has 0 aromatic carbocycles. The first kappa shape index (κ1) is 12.7. The highest BCUT2D eigenvalue weighted by atomic mass is 19.4. The van der Waals surface area contributed by atoms with Crippen LogP contribution in [0.15, 0.2) is 0 Å². The molecule has 1 aliphatic carbocycles. The Bertz CT molecular complexity index is 202. The molecule has 1 aliphatic rings. The van der Waals surface area contributed by atoms with Crippen molar-refractivity contribution in [2.45, 2.75) is 51.1 Å². The van der Waals surface area contributed by atoms with Crippen LogP contribution >= 0.6 is 0 Å². The fourth-order valence-electron chi connectivity index (χ4n) is 2.19. The van der Waals surface area contributed by atoms with Crippen molar-refractivity contribution in [3.8, 4) is 0 Å². The van der Waals surface area contributed by atoms with Crippen molar-refractivity contribution in [3.63, 3.8) is 0 Å². The molecule has 1 saturated carbocycles. The van der Waals surface area contributed by atoms with Gasteiger partial charge in [0.15, 0.2) is 0 Å². The van der Waals surface area contributed by atoms with E-state index in [0.29, 0.717) is 12.8 Å². The normalized spacial score (nSPS) is 22.8. The number of halogens is 5. The maximum atomic E-state index is 13.0. The minimum absolute atomic E-state index is 0.490. The van der Waals surface area contributed by atoms with E-state index in [9.17, 15) is 22.0 Å². The van der Waals surface area contributed by atoms with Gasteiger partial charge in [-0.25, -0.2) is 0 Å². The quantitative estimate of drug-likeness (QED) is 0.617. The van der Waals surface area contributed by atoms with Crippen molar-refractivity contribution in [1.82, 2.24) is 0 Å². The lowest BCUT2D eigenvalue weighted by atomic mass is 9.78. The highest BCUT2D eigenvalue weighted by Gasteiger charge is 2.61. The molecule has 1 atom stereocenters. The minimum Gasteiger partial charge on any atom is -0.196 e. The van der Waals surface area contributed by atoms with E-state index in [1.165, 1.54) is 0 Å². The first-order chi connectivity index (χ1) is 6.77. The Morgan fingerprint density at radius 2 is 1.40 bits per heavy atom. The van der Waals surface area contributed by atoms with E-state index in [4.69, 9.17) is 0 Å². The molecule has 0 nitrogen and oxygen atoms in total. The van der Waals surface area contributed by atoms with Gasteiger partial charge in [0.1, 0.15) is 0 Å². The van der Waals surface area contributed by atoms with Gasteiger partial charge in [-0.2, -0.15) is 22.0 Å². The van der Waals surface area contributed by atoms with E-state index in [1.54, 1.807) is 0 Å². The zero-order valence-electron chi connectivity index (χ0n) is 8.58. The van der Waals surface area contributed by atoms with Crippen molar-refractivity contribution in [3.05, 3.63) is 0 Å². The zero-order valence-corrected chi connectivity index (χ0v) is 8.58. The number of hydrogen-bond donors (Lipinski definition) is 0. The minimum atomic E-state index is -5.41. The molecule has 0 heterocycles. The summed E-state index contributed by atoms with van der Waals surface area (Å²) in [5.41, 5.74) is 0. The first-order valence-corrected chi connectivity index (χ1v) is 5.21. The van der Waals surface area contributed by atoms with Crippen LogP contribution in [-0.4, -0.2) is 12.1 Å². The van der Waals surface area contributed by atoms with Crippen molar-refractivity contribution in [1.29, 1.82) is 0 Å². The van der Waals surface area contributed by atoms with Gasteiger partial charge >= 0.3 is 12.1 Å². The lowest BCUT2D eigenvalue weighted by molar-refractivity contribution is -0.307. The molecule has 0 bridgehead atoms. The maximum Gasteiger partial charge on any atom is 0.453 e. The Hall–Kier alpha value is -0.350. The molecular weight excluding hydrogens is 215 g/mol. The summed E-state index contributed by atoms with van der Waals surface area (Å²) in [4.78, 5) is 0. The average Bonchev–Trinajstić information content (AvgIpc) is 2.16. The fourth-order valence-corrected chi connectivity index (χ4v) is 2.19. The van der Waals surface area contributed by atoms with Crippen LogP contribution in [0.1, 0.15) is 39.0 Å². The van der Waals surface area contributed by atoms with Crippen LogP contribution in [0.2, 0.25) is 0 Å². The summed E-state index contributed by atoms with van der Waals surface area (Å²) in [7, 11) is 0. The van der Waals surface area contributed by atoms with Crippen LogP contribution in [0, 0.1) is 11.8 Å². The molecule has 0 aliphatic heterocycles. The van der Waals surface area contributed by atoms with Gasteiger partial charge in [-0.1, -0.05) is 26.2 Å². The van der Waals surface area contributed by atoms with Crippen molar-refractivity contribution < 1.29 is 22.0 Å². The molecule has 5 heteroatoms. The van der Waals surface area contributed by atoms with Gasteiger partial charge in [0.05, 0.1) is 0 Å². The third-order valence-corrected chi connectivity index (χ3v) is 3.31. The predicted octanol–water partition coefficient (Wildman–Crippen LogP) is 4.40. The Morgan fingerprint density at radius 1 is 0.933 bits per heavy atom. The summed E-state index contributed by atoms with van der Waals surface area (Å²) in [6, 6.07) is 0. The molecule has 0 N–H and O–H groups in total. The van der Waals surface area contributed by atoms with Crippen LogP contribution in [0.3, 0.4) is 0 Å². The van der Waals surface area contributed by atoms with E-state index in [0.717, 1.165) is 26.2 Å². The summed E-state index contributed by atoms with van der Waals surface area (Å²) >= 11 is 0. The van der Waals surface area contributed by atoms with E-state index in [2.05, 4.69) is 0 Å². The smallest absolute Gasteiger partial charge is 0.196 e. The molecule has 1 unspecified atom stereocenters. The van der Waals surface area contributed by atoms with Gasteiger partial charge in [0, 0.05) is 5.92 Å². The average molecular weight is 230 g/mol. The van der Waals surface area contributed by atoms with E-state index < -0.39 is 23.9 Å². The molecule has 90 valence electrons. The fraction of sp³-hybridized carbons (Fsp3) is 1.00. The Morgan fingerprint density at radius 3 is 1.80 bits per heavy atom. The van der Waals surface area contributed by atoms with Crippen LogP contribution in [0.5, 0.6) is 0 Å². The second kappa shape index (κ2) is 4.26. The van der Waals surface area contributed by atoms with Crippen LogP contribution in [0.4, 0.5) is 22.0 Å². The maximum absolute atomic E-state index is 13.0. The topological polar surface area (TPSA) is 0 Å². The molecule has 0 spiro atoms. The van der Waals surface area contributed by atoms with Crippen LogP contribution in [-0.2, 0) is 0 Å². The zero-order chi connectivity index (χ0) is 11.7. The van der Waals surface area contributed by atoms with E-state index >= 15 is 0 Å². The Balaban J connectivity index is 2.69. The molecule has 0 aromatic rings. The summed E-state index contributed by atoms with van der Waals surface area (Å²) in [6.45, 7) is 1.02. The number of rotatable bonds is 2. The van der Waals surface area contributed by atoms with Gasteiger partial charge in [-0.05, 0) is 18.8 Å². The van der Waals surface area contributed by atoms with Gasteiger partial charge < -0.3 is 0 Å². The number of alkyl halides is 5. The largest absolute Gasteiger partial charge is 0.453 e. The monoisotopic (exact) mass is 230 g/mol. The summed E-state index contributed by atoms with van der Waals surface area (Å²) in [5, 5.41) is 0. The predicted molar refractivity (Wildman–Crippen MR) is 46.7 cm³/mol. The number of hydrogen-bond acceptors (Lipinski definition) is 0. The van der Waals surface area contributed by atoms with Gasteiger partial charge in [0.2, 0.25) is 0 Å². The third kappa shape index (κ3) is 2.61. The van der Waals surface area contributed by atoms with Gasteiger partial charge in [0.25, 0.3) is 0 Å². The molecule has 1 rings (SSSR count). The Labute approximate surface area is 85.8 Å². The molecule has 0 radical (unpaired) electrons. The lowest BCUT2D eigenvalue weighted by Crippen LogP contribution is -2.45. The molecule has 0 amide bonds. The van der Waals surface area contributed by atoms with E-state index in [1.807, 2.05) is 0 Å². The summed E-state index contributed by atoms with van der Waals surface area (Å²) < 4.78 is 62.2. The summed E-state index contributed by atoms with van der Waals surface area (Å²) in [5.74, 6) is -6.64. The highest BCUT2D eigenvalue weighted by Crippen LogP contribution is 2.46. The lowest BCUT2D eigenvalue weighted by Gasteiger charge is -2.34. The SMILES string of the molecule is CC(C1CCCCC1)C(F)(F)C(F)(F)F. The van der Waals surface area contributed by atoms with Gasteiger partial charge in [-0.15, -0.1) is 0 Å². The highest BCUT2D eigenvalue weighted by molar-refractivity contribution is 4.86. The van der Waals surface area contributed by atoms with Crippen molar-refractivity contribution in [2.75, 3.05) is 0 Å². The molecular formula is C10H15F5. The van der Waals surface area contributed by atoms with Crippen LogP contribution < -0.4 is 0 Å². The molecule has 1 fully saturated rings. The molecule has 15 heavy (non-hydrogen) atoms. The second-order valence-corrected chi connectivity index (χ2v) is 4.31. The second-order valence-electron chi connectivity index (χ2n) is 4.31. The standard InChI is InChI=1S/C10H15F5/c1-7(8-5-3-2-4-6-8)9(11,12)10(13,14)15/h7-8H,2-6H2,1H3. The summed E-state index contributed by atoms with van der Waals surface area (Å²) in [6.07, 6.45) is -1.95. The van der Waals surface area contributed by atoms with Crippen LogP contribution in [0.25, 0.3) is 0 Å². The third-order valence-electron chi connectivity index (χ3n) is 3.31. The van der Waals surface area contributed by atoms with Crippen molar-refractivity contribution >= 4 is 0 Å². The van der Waals surface area contributed by atoms with E-state index in [-0.39, 0.29) is 0 Å².